The molecule has 2 aliphatic rings. The van der Waals surface area contributed by atoms with Gasteiger partial charge in [-0.3, -0.25) is 4.99 Å². The van der Waals surface area contributed by atoms with Crippen molar-refractivity contribution in [1.82, 2.24) is 15.0 Å². The molecule has 0 aliphatic carbocycles. The Labute approximate surface area is 215 Å². The predicted molar refractivity (Wildman–Crippen MR) is 142 cm³/mol. The Kier molecular flexibility index (Phi) is 5.75. The quantitative estimate of drug-likeness (QED) is 0.496. The van der Waals surface area contributed by atoms with Crippen LogP contribution in [0.2, 0.25) is 0 Å². The zero-order chi connectivity index (χ0) is 26.6. The van der Waals surface area contributed by atoms with Gasteiger partial charge in [-0.1, -0.05) is 5.92 Å². The number of nitrogens with one attached hydrogen (secondary N) is 1. The van der Waals surface area contributed by atoms with Gasteiger partial charge in [0.15, 0.2) is 22.3 Å². The lowest BCUT2D eigenvalue weighted by Gasteiger charge is -2.43. The molecular formula is C26H28N6O4S. The van der Waals surface area contributed by atoms with Crippen LogP contribution in [-0.4, -0.2) is 51.9 Å². The van der Waals surface area contributed by atoms with Crippen molar-refractivity contribution < 1.29 is 17.9 Å². The highest BCUT2D eigenvalue weighted by Crippen LogP contribution is 2.49. The number of nitrogens with two attached hydrogens (primary N) is 1. The Balaban J connectivity index is 1.59. The van der Waals surface area contributed by atoms with Crippen LogP contribution in [0.4, 0.5) is 11.5 Å². The van der Waals surface area contributed by atoms with Crippen LogP contribution in [0.3, 0.4) is 0 Å². The van der Waals surface area contributed by atoms with Gasteiger partial charge in [0, 0.05) is 23.9 Å². The molecule has 1 aromatic carbocycles. The number of aromatic nitrogens is 3. The van der Waals surface area contributed by atoms with E-state index < -0.39 is 25.4 Å². The number of rotatable bonds is 4. The van der Waals surface area contributed by atoms with Gasteiger partial charge in [0.25, 0.3) is 0 Å². The van der Waals surface area contributed by atoms with Gasteiger partial charge in [-0.05, 0) is 52.0 Å². The molecule has 5 rings (SSSR count). The summed E-state index contributed by atoms with van der Waals surface area (Å²) in [6, 6.07) is 7.20. The predicted octanol–water partition coefficient (Wildman–Crippen LogP) is 3.10. The fourth-order valence-electron chi connectivity index (χ4n) is 4.86. The van der Waals surface area contributed by atoms with Crippen molar-refractivity contribution in [3.8, 4) is 24.0 Å². The van der Waals surface area contributed by atoms with E-state index >= 15 is 0 Å². The zero-order valence-corrected chi connectivity index (χ0v) is 21.8. The van der Waals surface area contributed by atoms with Crippen LogP contribution in [0.15, 0.2) is 41.7 Å². The highest BCUT2D eigenvalue weighted by atomic mass is 32.2. The van der Waals surface area contributed by atoms with E-state index in [0.717, 1.165) is 0 Å². The normalized spacial score (nSPS) is 25.4. The van der Waals surface area contributed by atoms with Gasteiger partial charge in [0.2, 0.25) is 5.88 Å². The lowest BCUT2D eigenvalue weighted by Crippen LogP contribution is -2.60. The molecule has 4 heterocycles. The van der Waals surface area contributed by atoms with Crippen LogP contribution in [0, 0.1) is 12.3 Å². The van der Waals surface area contributed by atoms with Gasteiger partial charge >= 0.3 is 0 Å². The van der Waals surface area contributed by atoms with Crippen molar-refractivity contribution in [2.45, 2.75) is 55.8 Å². The Morgan fingerprint density at radius 3 is 2.81 bits per heavy atom. The number of sulfone groups is 1. The molecule has 0 saturated heterocycles. The number of hydrogen-bond donors (Lipinski definition) is 2. The minimum absolute atomic E-state index is 0.0824. The summed E-state index contributed by atoms with van der Waals surface area (Å²) >= 11 is 0. The SMILES string of the molecule is C#CCOc1cnc2c(Nc3ccc4c(c3)[C@@]3(C)N=C(N)C(C)(C)S(=O)(=O)[C@@H]3C[C@H](C)O4)nccc2n1. The van der Waals surface area contributed by atoms with Crippen molar-refractivity contribution in [2.24, 2.45) is 10.7 Å². The summed E-state index contributed by atoms with van der Waals surface area (Å²) < 4.78 is 37.7. The summed E-state index contributed by atoms with van der Waals surface area (Å²) in [5.41, 5.74) is 7.51. The molecule has 0 spiro atoms. The number of terminal acetylenes is 1. The highest BCUT2D eigenvalue weighted by molar-refractivity contribution is 7.94. The number of anilines is 2. The molecule has 2 aliphatic heterocycles. The number of nitrogens with zero attached hydrogens (tertiary/aromatic N) is 4. The van der Waals surface area contributed by atoms with Crippen LogP contribution in [-0.2, 0) is 15.4 Å². The van der Waals surface area contributed by atoms with Crippen molar-refractivity contribution >= 4 is 38.2 Å². The second-order valence-corrected chi connectivity index (χ2v) is 12.6. The molecule has 3 N–H and O–H groups in total. The number of pyridine rings is 1. The summed E-state index contributed by atoms with van der Waals surface area (Å²) in [5.74, 6) is 3.83. The maximum atomic E-state index is 13.7. The second kappa shape index (κ2) is 8.59. The molecule has 0 bridgehead atoms. The molecule has 2 aromatic heterocycles. The van der Waals surface area contributed by atoms with Crippen molar-refractivity contribution in [3.63, 3.8) is 0 Å². The third-order valence-electron chi connectivity index (χ3n) is 7.09. The molecule has 3 aromatic rings. The fourth-order valence-corrected chi connectivity index (χ4v) is 7.22. The van der Waals surface area contributed by atoms with Gasteiger partial charge in [-0.15, -0.1) is 6.42 Å². The summed E-state index contributed by atoms with van der Waals surface area (Å²) in [6.07, 6.45) is 8.31. The largest absolute Gasteiger partial charge is 0.490 e. The standard InChI is InChI=1S/C26H28N6O4S/c1-6-11-35-21-14-29-22-18(31-21)9-10-28-23(22)30-16-7-8-19-17(13-16)26(5)20(12-15(2)36-19)37(33,34)25(3,4)24(27)32-26/h1,7-10,13-15,20H,11-12H2,2-5H3,(H2,27,32)(H,28,30)/t15-,20+,26+/m0/s1. The third kappa shape index (κ3) is 3.92. The monoisotopic (exact) mass is 520 g/mol. The van der Waals surface area contributed by atoms with E-state index in [-0.39, 0.29) is 18.5 Å². The Hall–Kier alpha value is -3.91. The average molecular weight is 521 g/mol. The third-order valence-corrected chi connectivity index (χ3v) is 10.1. The maximum Gasteiger partial charge on any atom is 0.233 e. The summed E-state index contributed by atoms with van der Waals surface area (Å²) in [7, 11) is -3.69. The average Bonchev–Trinajstić information content (AvgIpc) is 2.96. The van der Waals surface area contributed by atoms with E-state index in [9.17, 15) is 8.42 Å². The van der Waals surface area contributed by atoms with Crippen LogP contribution in [0.1, 0.15) is 39.7 Å². The minimum Gasteiger partial charge on any atom is -0.490 e. The van der Waals surface area contributed by atoms with E-state index in [2.05, 4.69) is 26.2 Å². The molecule has 0 saturated carbocycles. The molecule has 0 fully saturated rings. The lowest BCUT2D eigenvalue weighted by molar-refractivity contribution is 0.213. The Bertz CT molecular complexity index is 1580. The van der Waals surface area contributed by atoms with Crippen molar-refractivity contribution in [2.75, 3.05) is 11.9 Å². The van der Waals surface area contributed by atoms with E-state index in [4.69, 9.17) is 26.6 Å². The Morgan fingerprint density at radius 1 is 1.27 bits per heavy atom. The van der Waals surface area contributed by atoms with Crippen LogP contribution in [0.25, 0.3) is 11.0 Å². The van der Waals surface area contributed by atoms with Gasteiger partial charge in [-0.25, -0.2) is 23.4 Å². The molecule has 37 heavy (non-hydrogen) atoms. The summed E-state index contributed by atoms with van der Waals surface area (Å²) in [4.78, 5) is 18.1. The summed E-state index contributed by atoms with van der Waals surface area (Å²) in [6.45, 7) is 6.97. The molecule has 11 heteroatoms. The van der Waals surface area contributed by atoms with Gasteiger partial charge in [-0.2, -0.15) is 0 Å². The van der Waals surface area contributed by atoms with Gasteiger partial charge < -0.3 is 20.5 Å². The molecule has 0 radical (unpaired) electrons. The minimum atomic E-state index is -3.69. The topological polar surface area (TPSA) is 142 Å². The maximum absolute atomic E-state index is 13.7. The van der Waals surface area contributed by atoms with Crippen LogP contribution < -0.4 is 20.5 Å². The molecule has 0 amide bonds. The van der Waals surface area contributed by atoms with E-state index in [1.54, 1.807) is 33.0 Å². The van der Waals surface area contributed by atoms with Gasteiger partial charge in [0.1, 0.15) is 27.4 Å². The first kappa shape index (κ1) is 24.8. The fraction of sp³-hybridized carbons (Fsp3) is 0.385. The lowest BCUT2D eigenvalue weighted by atomic mass is 9.85. The number of fused-ring (bicyclic) bond motifs is 4. The smallest absolute Gasteiger partial charge is 0.233 e. The highest BCUT2D eigenvalue weighted by Gasteiger charge is 2.58. The van der Waals surface area contributed by atoms with E-state index in [0.29, 0.717) is 46.2 Å². The molecule has 3 atom stereocenters. The first-order valence-electron chi connectivity index (χ1n) is 11.8. The molecule has 192 valence electrons. The zero-order valence-electron chi connectivity index (χ0n) is 21.0. The molecular weight excluding hydrogens is 492 g/mol. The second-order valence-electron chi connectivity index (χ2n) is 9.92. The first-order valence-corrected chi connectivity index (χ1v) is 13.4. The van der Waals surface area contributed by atoms with Crippen LogP contribution in [0.5, 0.6) is 11.6 Å². The van der Waals surface area contributed by atoms with E-state index in [1.807, 2.05) is 25.1 Å². The van der Waals surface area contributed by atoms with Crippen molar-refractivity contribution in [1.29, 1.82) is 0 Å². The first-order chi connectivity index (χ1) is 17.5. The van der Waals surface area contributed by atoms with E-state index in [1.165, 1.54) is 6.20 Å². The number of ether oxygens (including phenoxy) is 2. The molecule has 10 nitrogen and oxygen atoms in total. The number of amidine groups is 1. The molecule has 0 unspecified atom stereocenters. The summed E-state index contributed by atoms with van der Waals surface area (Å²) in [5, 5.41) is 2.47. The Morgan fingerprint density at radius 2 is 2.05 bits per heavy atom. The number of aliphatic imine (C=N–C) groups is 1. The number of benzene rings is 1. The van der Waals surface area contributed by atoms with Crippen LogP contribution >= 0.6 is 0 Å². The number of hydrogen-bond acceptors (Lipinski definition) is 10. The van der Waals surface area contributed by atoms with Gasteiger partial charge in [0.05, 0.1) is 23.1 Å². The van der Waals surface area contributed by atoms with Crippen molar-refractivity contribution in [3.05, 3.63) is 42.2 Å².